The van der Waals surface area contributed by atoms with Gasteiger partial charge in [0.15, 0.2) is 0 Å². The van der Waals surface area contributed by atoms with Crippen LogP contribution in [0.1, 0.15) is 150 Å². The monoisotopic (exact) mass is 778 g/mol. The molecular weight excluding hydrogens is 721 g/mol. The van der Waals surface area contributed by atoms with Crippen LogP contribution in [0.2, 0.25) is 0 Å². The Kier molecular flexibility index (Phi) is 7.30. The molecule has 0 aliphatic heterocycles. The molecule has 0 saturated carbocycles. The third-order valence-electron chi connectivity index (χ3n) is 14.9. The summed E-state index contributed by atoms with van der Waals surface area (Å²) < 4.78 is 0. The van der Waals surface area contributed by atoms with E-state index in [2.05, 4.69) is 217 Å². The molecule has 6 aromatic rings. The minimum atomic E-state index is -0.598. The zero-order valence-electron chi connectivity index (χ0n) is 37.7. The average molecular weight is 779 g/mol. The summed E-state index contributed by atoms with van der Waals surface area (Å²) in [5.74, 6) is 0. The van der Waals surface area contributed by atoms with Crippen LogP contribution in [-0.4, -0.2) is 0 Å². The van der Waals surface area contributed by atoms with Gasteiger partial charge in [-0.2, -0.15) is 0 Å². The quantitative estimate of drug-likeness (QED) is 0.144. The van der Waals surface area contributed by atoms with Gasteiger partial charge in [0.25, 0.3) is 0 Å². The first-order valence-electron chi connectivity index (χ1n) is 22.3. The molecule has 5 aliphatic carbocycles. The zero-order valence-corrected chi connectivity index (χ0v) is 37.7. The van der Waals surface area contributed by atoms with Crippen LogP contribution < -0.4 is 0 Å². The Labute approximate surface area is 358 Å². The summed E-state index contributed by atoms with van der Waals surface area (Å²) in [4.78, 5) is 0. The molecular formula is C60H58. The molecule has 5 aliphatic rings. The smallest absolute Gasteiger partial charge is 0.0619 e. The number of fused-ring (bicyclic) bond motifs is 19. The van der Waals surface area contributed by atoms with Crippen LogP contribution in [-0.2, 0) is 32.5 Å². The van der Waals surface area contributed by atoms with Crippen molar-refractivity contribution < 1.29 is 0 Å². The van der Waals surface area contributed by atoms with Crippen LogP contribution in [0.4, 0.5) is 0 Å². The molecule has 2 spiro atoms. The third-order valence-corrected chi connectivity index (χ3v) is 14.9. The molecule has 0 heteroatoms. The molecule has 6 aromatic carbocycles. The van der Waals surface area contributed by atoms with Crippen molar-refractivity contribution in [1.29, 1.82) is 0 Å². The minimum Gasteiger partial charge on any atom is -0.0619 e. The molecule has 11 rings (SSSR count). The Morgan fingerprint density at radius 1 is 0.333 bits per heavy atom. The highest BCUT2D eigenvalue weighted by molar-refractivity contribution is 6.13. The minimum absolute atomic E-state index is 0.0282. The molecule has 0 unspecified atom stereocenters. The molecule has 0 nitrogen and oxygen atoms in total. The molecule has 298 valence electrons. The normalized spacial score (nSPS) is 17.4. The Bertz CT molecular complexity index is 2860. The lowest BCUT2D eigenvalue weighted by Gasteiger charge is -2.47. The lowest BCUT2D eigenvalue weighted by Crippen LogP contribution is -2.43. The summed E-state index contributed by atoms with van der Waals surface area (Å²) >= 11 is 0. The third kappa shape index (κ3) is 4.69. The maximum atomic E-state index is 2.63. The molecule has 0 saturated heterocycles. The Balaban J connectivity index is 1.41. The van der Waals surface area contributed by atoms with Crippen molar-refractivity contribution in [2.75, 3.05) is 0 Å². The van der Waals surface area contributed by atoms with E-state index in [-0.39, 0.29) is 21.7 Å². The van der Waals surface area contributed by atoms with Crippen molar-refractivity contribution in [2.24, 2.45) is 0 Å². The van der Waals surface area contributed by atoms with Crippen LogP contribution in [0.5, 0.6) is 0 Å². The summed E-state index contributed by atoms with van der Waals surface area (Å²) in [5.41, 5.74) is 26.5. The van der Waals surface area contributed by atoms with Gasteiger partial charge in [-0.3, -0.25) is 0 Å². The first kappa shape index (κ1) is 37.5. The van der Waals surface area contributed by atoms with Crippen LogP contribution in [0.3, 0.4) is 0 Å². The maximum absolute atomic E-state index is 2.63. The van der Waals surface area contributed by atoms with Crippen LogP contribution in [0.25, 0.3) is 39.5 Å². The summed E-state index contributed by atoms with van der Waals surface area (Å²) in [6, 6.07) is 48.7. The number of allylic oxidation sites excluding steroid dienone is 5. The number of rotatable bonds is 0. The predicted molar refractivity (Wildman–Crippen MR) is 255 cm³/mol. The van der Waals surface area contributed by atoms with Crippen molar-refractivity contribution in [3.8, 4) is 22.3 Å². The molecule has 0 N–H and O–H groups in total. The number of hydrogen-bond donors (Lipinski definition) is 0. The van der Waals surface area contributed by atoms with Crippen molar-refractivity contribution in [3.05, 3.63) is 205 Å². The van der Waals surface area contributed by atoms with E-state index in [1.54, 1.807) is 0 Å². The average Bonchev–Trinajstić information content (AvgIpc) is 3.89. The van der Waals surface area contributed by atoms with E-state index in [4.69, 9.17) is 0 Å². The van der Waals surface area contributed by atoms with Crippen molar-refractivity contribution >= 4 is 17.2 Å². The number of benzene rings is 6. The van der Waals surface area contributed by atoms with E-state index >= 15 is 0 Å². The first-order valence-corrected chi connectivity index (χ1v) is 22.3. The standard InChI is InChI=1S/C60H58/c1-55(2,3)36-21-25-42-43-26-22-37(56(4,5)6)31-51(43)59(50(42)30-36)48-20-16-15-19-41(48)47-34-46-40-18-14-13-17-35(40)29-49(46)60(54(47)59)52-32-38(57(7,8)9)23-27-44(52)45-28-24-39(33-53(45)60)58(10,11)12/h13-34H,1-12H3. The fraction of sp³-hybridized carbons (Fsp3) is 0.300. The van der Waals surface area contributed by atoms with E-state index < -0.39 is 10.8 Å². The molecule has 0 heterocycles. The van der Waals surface area contributed by atoms with Gasteiger partial charge < -0.3 is 0 Å². The van der Waals surface area contributed by atoms with Crippen molar-refractivity contribution in [2.45, 2.75) is 116 Å². The summed E-state index contributed by atoms with van der Waals surface area (Å²) in [6.45, 7) is 28.5. The van der Waals surface area contributed by atoms with E-state index in [9.17, 15) is 0 Å². The van der Waals surface area contributed by atoms with Gasteiger partial charge >= 0.3 is 0 Å². The van der Waals surface area contributed by atoms with Crippen LogP contribution in [0.15, 0.2) is 139 Å². The van der Waals surface area contributed by atoms with Gasteiger partial charge in [-0.15, -0.1) is 0 Å². The van der Waals surface area contributed by atoms with Crippen LogP contribution >= 0.6 is 0 Å². The first-order chi connectivity index (χ1) is 28.3. The highest BCUT2D eigenvalue weighted by Gasteiger charge is 2.65. The number of hydrogen-bond acceptors (Lipinski definition) is 0. The van der Waals surface area contributed by atoms with Gasteiger partial charge in [0.1, 0.15) is 0 Å². The molecule has 0 radical (unpaired) electrons. The molecule has 0 amide bonds. The van der Waals surface area contributed by atoms with E-state index in [0.717, 1.165) is 0 Å². The van der Waals surface area contributed by atoms with Gasteiger partial charge in [0, 0.05) is 0 Å². The lowest BCUT2D eigenvalue weighted by atomic mass is 9.53. The highest BCUT2D eigenvalue weighted by atomic mass is 14.7. The molecule has 0 atom stereocenters. The van der Waals surface area contributed by atoms with Gasteiger partial charge in [-0.25, -0.2) is 0 Å². The molecule has 0 aromatic heterocycles. The van der Waals surface area contributed by atoms with E-state index in [0.29, 0.717) is 0 Å². The second kappa shape index (κ2) is 11.7. The largest absolute Gasteiger partial charge is 0.0704 e. The Hall–Kier alpha value is -5.46. The second-order valence-corrected chi connectivity index (χ2v) is 22.6. The SMILES string of the molecule is CC(C)(C)c1ccc2c(c1)C1(C3=Cc4ccccc4C3=CC3=C1C1(c4ccccc43)c3cc(C(C)(C)C)ccc3-c3ccc(C(C)(C)C)cc31)c1cc(C(C)(C)C)ccc1-2. The lowest BCUT2D eigenvalue weighted by molar-refractivity contribution is 0.573. The Morgan fingerprint density at radius 3 is 1.15 bits per heavy atom. The Morgan fingerprint density at radius 2 is 0.717 bits per heavy atom. The summed E-state index contributed by atoms with van der Waals surface area (Å²) in [7, 11) is 0. The van der Waals surface area contributed by atoms with Gasteiger partial charge in [-0.1, -0.05) is 204 Å². The maximum Gasteiger partial charge on any atom is 0.0704 e. The van der Waals surface area contributed by atoms with Crippen LogP contribution in [0, 0.1) is 0 Å². The van der Waals surface area contributed by atoms with Gasteiger partial charge in [-0.05, 0) is 145 Å². The van der Waals surface area contributed by atoms with Crippen molar-refractivity contribution in [1.82, 2.24) is 0 Å². The summed E-state index contributed by atoms with van der Waals surface area (Å²) in [6.07, 6.45) is 5.20. The van der Waals surface area contributed by atoms with E-state index in [1.165, 1.54) is 111 Å². The highest BCUT2D eigenvalue weighted by Crippen LogP contribution is 2.74. The van der Waals surface area contributed by atoms with Crippen molar-refractivity contribution in [3.63, 3.8) is 0 Å². The summed E-state index contributed by atoms with van der Waals surface area (Å²) in [5, 5.41) is 0. The fourth-order valence-electron chi connectivity index (χ4n) is 11.8. The van der Waals surface area contributed by atoms with Gasteiger partial charge in [0.05, 0.1) is 10.8 Å². The molecule has 60 heavy (non-hydrogen) atoms. The van der Waals surface area contributed by atoms with E-state index in [1.807, 2.05) is 0 Å². The topological polar surface area (TPSA) is 0 Å². The molecule has 0 bridgehead atoms. The van der Waals surface area contributed by atoms with Gasteiger partial charge in [0.2, 0.25) is 0 Å². The predicted octanol–water partition coefficient (Wildman–Crippen LogP) is 15.4. The second-order valence-electron chi connectivity index (χ2n) is 22.6. The fourth-order valence-corrected chi connectivity index (χ4v) is 11.8. The molecule has 0 fully saturated rings. The zero-order chi connectivity index (χ0) is 42.1.